The van der Waals surface area contributed by atoms with Gasteiger partial charge >= 0.3 is 0 Å². The highest BCUT2D eigenvalue weighted by Gasteiger charge is 2.14. The van der Waals surface area contributed by atoms with Gasteiger partial charge in [0.2, 0.25) is 5.91 Å². The second-order valence-electron chi connectivity index (χ2n) is 7.19. The van der Waals surface area contributed by atoms with Gasteiger partial charge in [0.15, 0.2) is 5.78 Å². The zero-order chi connectivity index (χ0) is 21.6. The van der Waals surface area contributed by atoms with Crippen molar-refractivity contribution in [2.75, 3.05) is 18.4 Å². The molecule has 2 N–H and O–H groups in total. The number of hydrogen-bond acceptors (Lipinski definition) is 5. The third-order valence-corrected chi connectivity index (χ3v) is 5.19. The summed E-state index contributed by atoms with van der Waals surface area (Å²) in [5.74, 6) is 1.10. The molecule has 0 saturated carbocycles. The van der Waals surface area contributed by atoms with Crippen molar-refractivity contribution in [3.05, 3.63) is 94.1 Å². The number of nitrogens with zero attached hydrogens (tertiary/aromatic N) is 2. The number of hydrogen-bond donors (Lipinski definition) is 2. The summed E-state index contributed by atoms with van der Waals surface area (Å²) >= 11 is 5.82. The molecule has 4 rings (SSSR count). The molecule has 1 amide bonds. The molecule has 0 radical (unpaired) electrons. The second kappa shape index (κ2) is 9.53. The Bertz CT molecular complexity index is 1130. The van der Waals surface area contributed by atoms with E-state index < -0.39 is 0 Å². The molecule has 0 atom stereocenters. The number of aromatic nitrogens is 1. The number of ketones is 1. The Morgan fingerprint density at radius 2 is 1.71 bits per heavy atom. The highest BCUT2D eigenvalue weighted by Crippen LogP contribution is 2.16. The van der Waals surface area contributed by atoms with E-state index in [0.29, 0.717) is 16.4 Å². The fourth-order valence-corrected chi connectivity index (χ4v) is 3.50. The van der Waals surface area contributed by atoms with Crippen molar-refractivity contribution >= 4 is 34.9 Å². The Morgan fingerprint density at radius 3 is 2.35 bits per heavy atom. The Kier molecular flexibility index (Phi) is 6.38. The summed E-state index contributed by atoms with van der Waals surface area (Å²) in [6, 6.07) is 18.2. The van der Waals surface area contributed by atoms with Crippen LogP contribution in [-0.4, -0.2) is 35.6 Å². The third-order valence-electron chi connectivity index (χ3n) is 4.97. The summed E-state index contributed by atoms with van der Waals surface area (Å²) in [5, 5.41) is 6.48. The monoisotopic (exact) mass is 432 g/mol. The summed E-state index contributed by atoms with van der Waals surface area (Å²) in [4.78, 5) is 33.8. The minimum Gasteiger partial charge on any atom is -0.368 e. The van der Waals surface area contributed by atoms with Crippen LogP contribution < -0.4 is 10.6 Å². The quantitative estimate of drug-likeness (QED) is 0.558. The first kappa shape index (κ1) is 20.8. The summed E-state index contributed by atoms with van der Waals surface area (Å²) in [7, 11) is 0. The van der Waals surface area contributed by atoms with Crippen LogP contribution in [-0.2, 0) is 17.6 Å². The first-order chi connectivity index (χ1) is 15.1. The molecular weight excluding hydrogens is 412 g/mol. The summed E-state index contributed by atoms with van der Waals surface area (Å²) in [6.07, 6.45) is 1.85. The maximum atomic E-state index is 12.8. The minimum atomic E-state index is -0.205. The van der Waals surface area contributed by atoms with E-state index in [0.717, 1.165) is 35.6 Å². The minimum absolute atomic E-state index is 0.0000889. The zero-order valence-electron chi connectivity index (χ0n) is 16.8. The van der Waals surface area contributed by atoms with Crippen molar-refractivity contribution in [2.45, 2.75) is 12.8 Å². The molecule has 0 fully saturated rings. The lowest BCUT2D eigenvalue weighted by Gasteiger charge is -2.10. The highest BCUT2D eigenvalue weighted by atomic mass is 35.5. The maximum absolute atomic E-state index is 12.8. The van der Waals surface area contributed by atoms with Crippen LogP contribution in [0.1, 0.15) is 27.0 Å². The fourth-order valence-electron chi connectivity index (χ4n) is 3.39. The van der Waals surface area contributed by atoms with Crippen molar-refractivity contribution in [3.8, 4) is 0 Å². The molecule has 1 aliphatic heterocycles. The number of aliphatic imine (C=N–C) groups is 1. The molecule has 0 aliphatic carbocycles. The van der Waals surface area contributed by atoms with Gasteiger partial charge in [-0.1, -0.05) is 60.1 Å². The Morgan fingerprint density at radius 1 is 0.968 bits per heavy atom. The number of carbonyl (C=O) groups excluding carboxylic acids is 2. The van der Waals surface area contributed by atoms with Crippen LogP contribution in [0.2, 0.25) is 5.02 Å². The second-order valence-corrected chi connectivity index (χ2v) is 7.63. The van der Waals surface area contributed by atoms with Crippen LogP contribution in [0.25, 0.3) is 0 Å². The molecule has 3 aromatic rings. The molecule has 2 heterocycles. The SMILES string of the molecule is O=C(Cc1ccccc1CC(=O)c1ccc(C2=NCCN2)cc1)Nc1ccc(Cl)cn1. The summed E-state index contributed by atoms with van der Waals surface area (Å²) < 4.78 is 0. The van der Waals surface area contributed by atoms with Gasteiger partial charge in [0, 0.05) is 30.3 Å². The predicted molar refractivity (Wildman–Crippen MR) is 122 cm³/mol. The molecule has 0 bridgehead atoms. The van der Waals surface area contributed by atoms with Gasteiger partial charge in [-0.2, -0.15) is 0 Å². The van der Waals surface area contributed by atoms with Gasteiger partial charge in [0.25, 0.3) is 0 Å². The smallest absolute Gasteiger partial charge is 0.229 e. The third kappa shape index (κ3) is 5.35. The number of amidine groups is 1. The number of rotatable bonds is 7. The molecule has 0 saturated heterocycles. The Balaban J connectivity index is 1.42. The topological polar surface area (TPSA) is 83.5 Å². The van der Waals surface area contributed by atoms with Crippen LogP contribution in [0.3, 0.4) is 0 Å². The van der Waals surface area contributed by atoms with Gasteiger partial charge in [0.05, 0.1) is 18.0 Å². The molecule has 6 nitrogen and oxygen atoms in total. The summed E-state index contributed by atoms with van der Waals surface area (Å²) in [6.45, 7) is 1.61. The van der Waals surface area contributed by atoms with Crippen molar-refractivity contribution in [1.29, 1.82) is 0 Å². The molecule has 7 heteroatoms. The summed E-state index contributed by atoms with van der Waals surface area (Å²) in [5.41, 5.74) is 3.25. The zero-order valence-corrected chi connectivity index (χ0v) is 17.5. The van der Waals surface area contributed by atoms with E-state index in [1.807, 2.05) is 48.5 Å². The molecule has 31 heavy (non-hydrogen) atoms. The van der Waals surface area contributed by atoms with Gasteiger partial charge in [-0.3, -0.25) is 14.6 Å². The van der Waals surface area contributed by atoms with E-state index in [9.17, 15) is 9.59 Å². The van der Waals surface area contributed by atoms with Gasteiger partial charge in [-0.05, 0) is 23.3 Å². The van der Waals surface area contributed by atoms with Crippen molar-refractivity contribution in [2.24, 2.45) is 4.99 Å². The van der Waals surface area contributed by atoms with E-state index in [2.05, 4.69) is 20.6 Å². The van der Waals surface area contributed by atoms with E-state index >= 15 is 0 Å². The number of halogens is 1. The van der Waals surface area contributed by atoms with Crippen LogP contribution in [0, 0.1) is 0 Å². The Labute approximate surface area is 185 Å². The standard InChI is InChI=1S/C24H21ClN4O2/c25-20-9-10-22(28-15-20)29-23(31)14-19-4-2-1-3-18(19)13-21(30)16-5-7-17(8-6-16)24-26-11-12-27-24/h1-10,15H,11-14H2,(H,26,27)(H,28,29,31). The van der Waals surface area contributed by atoms with Gasteiger partial charge in [0.1, 0.15) is 11.7 Å². The number of anilines is 1. The average molecular weight is 433 g/mol. The average Bonchev–Trinajstić information content (AvgIpc) is 3.32. The van der Waals surface area contributed by atoms with Crippen molar-refractivity contribution in [3.63, 3.8) is 0 Å². The number of benzene rings is 2. The lowest BCUT2D eigenvalue weighted by molar-refractivity contribution is -0.115. The van der Waals surface area contributed by atoms with Crippen molar-refractivity contribution < 1.29 is 9.59 Å². The molecule has 1 aliphatic rings. The first-order valence-electron chi connectivity index (χ1n) is 9.98. The number of Topliss-reactive ketones (excluding diaryl/α,β-unsaturated/α-hetero) is 1. The largest absolute Gasteiger partial charge is 0.368 e. The van der Waals surface area contributed by atoms with Crippen LogP contribution in [0.5, 0.6) is 0 Å². The van der Waals surface area contributed by atoms with Crippen LogP contribution >= 0.6 is 11.6 Å². The van der Waals surface area contributed by atoms with E-state index in [-0.39, 0.29) is 24.5 Å². The molecule has 1 aromatic heterocycles. The number of pyridine rings is 1. The van der Waals surface area contributed by atoms with E-state index in [4.69, 9.17) is 11.6 Å². The van der Waals surface area contributed by atoms with Crippen LogP contribution in [0.4, 0.5) is 5.82 Å². The van der Waals surface area contributed by atoms with Crippen molar-refractivity contribution in [1.82, 2.24) is 10.3 Å². The molecule has 156 valence electrons. The molecule has 0 spiro atoms. The lowest BCUT2D eigenvalue weighted by atomic mass is 9.96. The maximum Gasteiger partial charge on any atom is 0.229 e. The van der Waals surface area contributed by atoms with Gasteiger partial charge in [-0.25, -0.2) is 4.98 Å². The highest BCUT2D eigenvalue weighted by molar-refractivity contribution is 6.30. The first-order valence-corrected chi connectivity index (χ1v) is 10.4. The normalized spacial score (nSPS) is 12.7. The number of nitrogens with one attached hydrogen (secondary N) is 2. The Hall–Kier alpha value is -3.51. The predicted octanol–water partition coefficient (Wildman–Crippen LogP) is 3.69. The molecular formula is C24H21ClN4O2. The van der Waals surface area contributed by atoms with Gasteiger partial charge in [-0.15, -0.1) is 0 Å². The fraction of sp³-hybridized carbons (Fsp3) is 0.167. The molecule has 2 aromatic carbocycles. The molecule has 0 unspecified atom stereocenters. The van der Waals surface area contributed by atoms with Crippen LogP contribution in [0.15, 0.2) is 71.9 Å². The number of carbonyl (C=O) groups is 2. The van der Waals surface area contributed by atoms with Gasteiger partial charge < -0.3 is 10.6 Å². The van der Waals surface area contributed by atoms with E-state index in [1.165, 1.54) is 6.20 Å². The number of amides is 1. The lowest BCUT2D eigenvalue weighted by Crippen LogP contribution is -2.19. The van der Waals surface area contributed by atoms with E-state index in [1.54, 1.807) is 12.1 Å².